The third-order valence-corrected chi connectivity index (χ3v) is 7.56. The smallest absolute Gasteiger partial charge is 0.251 e. The fraction of sp³-hybridized carbons (Fsp3) is 0.367. The van der Waals surface area contributed by atoms with Gasteiger partial charge in [0.05, 0.1) is 48.2 Å². The van der Waals surface area contributed by atoms with Gasteiger partial charge >= 0.3 is 0 Å². The van der Waals surface area contributed by atoms with Crippen LogP contribution < -0.4 is 10.2 Å². The number of ether oxygens (including phenoxy) is 1. The first-order valence-corrected chi connectivity index (χ1v) is 13.2. The number of carbonyl (C=O) groups is 1. The zero-order valence-corrected chi connectivity index (χ0v) is 21.4. The SMILES string of the molecule is CC(C)C[C@H](NC(=O)c1ccc2[nH]nc(-c3ccc(N4[C@@H]5CC[C@H]4COC5)cc3)c2c1)c1ccccn1. The lowest BCUT2D eigenvalue weighted by Gasteiger charge is -2.36. The molecule has 0 aliphatic carbocycles. The highest BCUT2D eigenvalue weighted by atomic mass is 16.5. The lowest BCUT2D eigenvalue weighted by Crippen LogP contribution is -2.45. The van der Waals surface area contributed by atoms with Crippen LogP contribution in [0.4, 0.5) is 5.69 Å². The Morgan fingerprint density at radius 3 is 2.57 bits per heavy atom. The Morgan fingerprint density at radius 1 is 1.08 bits per heavy atom. The Balaban J connectivity index is 1.25. The maximum atomic E-state index is 13.3. The minimum atomic E-state index is -0.142. The van der Waals surface area contributed by atoms with E-state index >= 15 is 0 Å². The van der Waals surface area contributed by atoms with Crippen molar-refractivity contribution in [2.45, 2.75) is 51.2 Å². The molecule has 2 bridgehead atoms. The van der Waals surface area contributed by atoms with Gasteiger partial charge in [-0.15, -0.1) is 0 Å². The average Bonchev–Trinajstić information content (AvgIpc) is 3.45. The van der Waals surface area contributed by atoms with Crippen LogP contribution >= 0.6 is 0 Å². The highest BCUT2D eigenvalue weighted by molar-refractivity contribution is 6.01. The number of aromatic nitrogens is 3. The fourth-order valence-electron chi connectivity index (χ4n) is 5.77. The number of H-pyrrole nitrogens is 1. The molecule has 37 heavy (non-hydrogen) atoms. The molecule has 2 saturated heterocycles. The Kier molecular flexibility index (Phi) is 6.38. The van der Waals surface area contributed by atoms with Crippen molar-refractivity contribution in [3.05, 3.63) is 78.1 Å². The Morgan fingerprint density at radius 2 is 1.86 bits per heavy atom. The van der Waals surface area contributed by atoms with Gasteiger partial charge in [0.1, 0.15) is 0 Å². The van der Waals surface area contributed by atoms with Crippen molar-refractivity contribution in [2.24, 2.45) is 5.92 Å². The summed E-state index contributed by atoms with van der Waals surface area (Å²) in [4.78, 5) is 20.3. The van der Waals surface area contributed by atoms with E-state index < -0.39 is 0 Å². The summed E-state index contributed by atoms with van der Waals surface area (Å²) in [6, 6.07) is 21.0. The maximum absolute atomic E-state index is 13.3. The fourth-order valence-corrected chi connectivity index (χ4v) is 5.77. The normalized spacial score (nSPS) is 19.9. The summed E-state index contributed by atoms with van der Waals surface area (Å²) in [6.07, 6.45) is 4.98. The molecule has 2 aromatic carbocycles. The van der Waals surface area contributed by atoms with Crippen molar-refractivity contribution >= 4 is 22.5 Å². The summed E-state index contributed by atoms with van der Waals surface area (Å²) in [6.45, 7) is 5.93. The molecular formula is C30H33N5O2. The molecule has 3 atom stereocenters. The lowest BCUT2D eigenvalue weighted by atomic mass is 9.99. The second kappa shape index (κ2) is 9.98. The number of hydrogen-bond donors (Lipinski definition) is 2. The first kappa shape index (κ1) is 23.7. The molecule has 0 spiro atoms. The molecule has 0 radical (unpaired) electrons. The average molecular weight is 496 g/mol. The Hall–Kier alpha value is -3.71. The van der Waals surface area contributed by atoms with Crippen molar-refractivity contribution in [3.8, 4) is 11.3 Å². The molecule has 7 nitrogen and oxygen atoms in total. The minimum Gasteiger partial charge on any atom is -0.377 e. The van der Waals surface area contributed by atoms with E-state index in [1.54, 1.807) is 6.20 Å². The van der Waals surface area contributed by atoms with Crippen LogP contribution in [-0.4, -0.2) is 46.4 Å². The lowest BCUT2D eigenvalue weighted by molar-refractivity contribution is 0.0906. The zero-order chi connectivity index (χ0) is 25.4. The number of benzene rings is 2. The number of nitrogens with zero attached hydrogens (tertiary/aromatic N) is 3. The molecule has 4 heterocycles. The van der Waals surface area contributed by atoms with Crippen LogP contribution in [0.25, 0.3) is 22.2 Å². The summed E-state index contributed by atoms with van der Waals surface area (Å²) in [5.74, 6) is 0.314. The van der Waals surface area contributed by atoms with Crippen molar-refractivity contribution in [3.63, 3.8) is 0 Å². The molecule has 1 amide bonds. The van der Waals surface area contributed by atoms with Gasteiger partial charge in [-0.3, -0.25) is 14.9 Å². The van der Waals surface area contributed by atoms with E-state index in [0.717, 1.165) is 47.5 Å². The number of morpholine rings is 1. The number of hydrogen-bond acceptors (Lipinski definition) is 5. The number of anilines is 1. The van der Waals surface area contributed by atoms with Gasteiger partial charge in [0.25, 0.3) is 5.91 Å². The molecule has 7 heteroatoms. The standard InChI is InChI=1S/C30H33N5O2/c1-19(2)15-28(27-5-3-4-14-31-27)32-30(36)21-8-13-26-25(16-21)29(34-33-26)20-6-9-22(10-7-20)35-23-11-12-24(35)18-37-17-23/h3-10,13-14,16,19,23-24,28H,11-12,15,17-18H2,1-2H3,(H,32,36)(H,33,34)/t23-,24+,28-/m0/s1. The third kappa shape index (κ3) is 4.71. The van der Waals surface area contributed by atoms with E-state index in [0.29, 0.717) is 23.6 Å². The van der Waals surface area contributed by atoms with E-state index in [2.05, 4.69) is 63.5 Å². The highest BCUT2D eigenvalue weighted by Crippen LogP contribution is 2.35. The Labute approximate surface area is 217 Å². The van der Waals surface area contributed by atoms with Crippen LogP contribution in [0.5, 0.6) is 0 Å². The highest BCUT2D eigenvalue weighted by Gasteiger charge is 2.37. The molecule has 0 saturated carbocycles. The largest absolute Gasteiger partial charge is 0.377 e. The predicted molar refractivity (Wildman–Crippen MR) is 146 cm³/mol. The van der Waals surface area contributed by atoms with Gasteiger partial charge in [0.15, 0.2) is 0 Å². The first-order valence-electron chi connectivity index (χ1n) is 13.2. The number of pyridine rings is 1. The third-order valence-electron chi connectivity index (χ3n) is 7.56. The molecule has 0 unspecified atom stereocenters. The van der Waals surface area contributed by atoms with Crippen molar-refractivity contribution in [1.29, 1.82) is 0 Å². The van der Waals surface area contributed by atoms with Crippen LogP contribution in [0.15, 0.2) is 66.9 Å². The predicted octanol–water partition coefficient (Wildman–Crippen LogP) is 5.51. The molecule has 2 aliphatic heterocycles. The first-order chi connectivity index (χ1) is 18.1. The van der Waals surface area contributed by atoms with E-state index in [-0.39, 0.29) is 11.9 Å². The summed E-state index contributed by atoms with van der Waals surface area (Å²) in [7, 11) is 0. The van der Waals surface area contributed by atoms with Crippen molar-refractivity contribution in [2.75, 3.05) is 18.1 Å². The van der Waals surface area contributed by atoms with Crippen molar-refractivity contribution < 1.29 is 9.53 Å². The zero-order valence-electron chi connectivity index (χ0n) is 21.4. The second-order valence-electron chi connectivity index (χ2n) is 10.6. The molecule has 2 fully saturated rings. The topological polar surface area (TPSA) is 83.1 Å². The summed E-state index contributed by atoms with van der Waals surface area (Å²) in [5, 5.41) is 11.9. The molecular weight excluding hydrogens is 462 g/mol. The van der Waals surface area contributed by atoms with Gasteiger partial charge in [-0.2, -0.15) is 5.10 Å². The van der Waals surface area contributed by atoms with Gasteiger partial charge in [0, 0.05) is 28.4 Å². The minimum absolute atomic E-state index is 0.108. The van der Waals surface area contributed by atoms with Gasteiger partial charge in [0.2, 0.25) is 0 Å². The quantitative estimate of drug-likeness (QED) is 0.353. The van der Waals surface area contributed by atoms with Crippen LogP contribution in [0.3, 0.4) is 0 Å². The van der Waals surface area contributed by atoms with Gasteiger partial charge < -0.3 is 15.0 Å². The molecule has 6 rings (SSSR count). The molecule has 190 valence electrons. The summed E-state index contributed by atoms with van der Waals surface area (Å²) < 4.78 is 5.75. The van der Waals surface area contributed by atoms with Gasteiger partial charge in [-0.1, -0.05) is 32.0 Å². The van der Waals surface area contributed by atoms with E-state index in [4.69, 9.17) is 4.74 Å². The van der Waals surface area contributed by atoms with Crippen LogP contribution in [0.2, 0.25) is 0 Å². The maximum Gasteiger partial charge on any atom is 0.251 e. The number of carbonyl (C=O) groups excluding carboxylic acids is 1. The monoisotopic (exact) mass is 495 g/mol. The molecule has 4 aromatic rings. The van der Waals surface area contributed by atoms with Gasteiger partial charge in [-0.05, 0) is 67.6 Å². The summed E-state index contributed by atoms with van der Waals surface area (Å²) >= 11 is 0. The van der Waals surface area contributed by atoms with E-state index in [9.17, 15) is 4.79 Å². The summed E-state index contributed by atoms with van der Waals surface area (Å²) in [5.41, 5.74) is 5.52. The number of fused-ring (bicyclic) bond motifs is 3. The number of amides is 1. The van der Waals surface area contributed by atoms with Crippen LogP contribution in [-0.2, 0) is 4.74 Å². The van der Waals surface area contributed by atoms with Gasteiger partial charge in [-0.25, -0.2) is 0 Å². The van der Waals surface area contributed by atoms with Crippen molar-refractivity contribution in [1.82, 2.24) is 20.5 Å². The number of nitrogens with one attached hydrogen (secondary N) is 2. The second-order valence-corrected chi connectivity index (χ2v) is 10.6. The van der Waals surface area contributed by atoms with E-state index in [1.807, 2.05) is 36.4 Å². The number of rotatable bonds is 7. The molecule has 2 N–H and O–H groups in total. The number of aromatic amines is 1. The van der Waals surface area contributed by atoms with Crippen LogP contribution in [0.1, 0.15) is 55.2 Å². The molecule has 2 aromatic heterocycles. The van der Waals surface area contributed by atoms with Crippen LogP contribution in [0, 0.1) is 5.92 Å². The molecule has 2 aliphatic rings. The van der Waals surface area contributed by atoms with E-state index in [1.165, 1.54) is 18.5 Å². The Bertz CT molecular complexity index is 1370.